The number of aryl methyl sites for hydroxylation is 1. The van der Waals surface area contributed by atoms with Gasteiger partial charge in [-0.3, -0.25) is 4.90 Å². The highest BCUT2D eigenvalue weighted by molar-refractivity contribution is 5.31. The highest BCUT2D eigenvalue weighted by Crippen LogP contribution is 2.16. The minimum absolute atomic E-state index is 0.200. The van der Waals surface area contributed by atoms with E-state index in [2.05, 4.69) is 20.0 Å². The maximum Gasteiger partial charge on any atom is 0.227 e. The van der Waals surface area contributed by atoms with Crippen LogP contribution in [0.3, 0.4) is 0 Å². The molecule has 0 bridgehead atoms. The van der Waals surface area contributed by atoms with E-state index in [1.165, 1.54) is 18.2 Å². The van der Waals surface area contributed by atoms with E-state index in [1.807, 2.05) is 18.5 Å². The molecule has 2 aromatic rings. The zero-order valence-corrected chi connectivity index (χ0v) is 14.2. The smallest absolute Gasteiger partial charge is 0.227 e. The van der Waals surface area contributed by atoms with E-state index in [1.54, 1.807) is 0 Å². The van der Waals surface area contributed by atoms with Crippen LogP contribution in [0.2, 0.25) is 0 Å². The Hall–Kier alpha value is -2.02. The molecule has 1 aliphatic rings. The van der Waals surface area contributed by atoms with Crippen LogP contribution in [-0.2, 0) is 13.5 Å². The van der Waals surface area contributed by atoms with Crippen molar-refractivity contribution < 1.29 is 8.78 Å². The summed E-state index contributed by atoms with van der Waals surface area (Å²) in [6.07, 6.45) is 1.18. The minimum atomic E-state index is -0.447. The van der Waals surface area contributed by atoms with Crippen molar-refractivity contribution in [2.45, 2.75) is 19.8 Å². The van der Waals surface area contributed by atoms with Crippen molar-refractivity contribution in [1.29, 1.82) is 0 Å². The van der Waals surface area contributed by atoms with E-state index in [4.69, 9.17) is 0 Å². The Morgan fingerprint density at radius 2 is 1.71 bits per heavy atom. The van der Waals surface area contributed by atoms with Gasteiger partial charge in [0.05, 0.1) is 0 Å². The molecule has 2 heterocycles. The summed E-state index contributed by atoms with van der Waals surface area (Å²) in [4.78, 5) is 4.56. The minimum Gasteiger partial charge on any atom is -0.338 e. The summed E-state index contributed by atoms with van der Waals surface area (Å²) in [7, 11) is 1.97. The molecule has 24 heavy (non-hydrogen) atoms. The second-order valence-corrected chi connectivity index (χ2v) is 6.24. The van der Waals surface area contributed by atoms with Crippen LogP contribution in [0.1, 0.15) is 17.8 Å². The van der Waals surface area contributed by atoms with Crippen molar-refractivity contribution in [3.63, 3.8) is 0 Å². The molecule has 1 saturated heterocycles. The lowest BCUT2D eigenvalue weighted by atomic mass is 10.1. The van der Waals surface area contributed by atoms with Gasteiger partial charge < -0.3 is 9.47 Å². The molecular weight excluding hydrogens is 312 g/mol. The average molecular weight is 335 g/mol. The molecule has 7 heteroatoms. The van der Waals surface area contributed by atoms with E-state index < -0.39 is 11.6 Å². The summed E-state index contributed by atoms with van der Waals surface area (Å²) in [5, 5.41) is 8.32. The molecule has 1 aliphatic heterocycles. The summed E-state index contributed by atoms with van der Waals surface area (Å²) in [6, 6.07) is 4.04. The molecule has 5 nitrogen and oxygen atoms in total. The van der Waals surface area contributed by atoms with Gasteiger partial charge in [-0.2, -0.15) is 0 Å². The number of halogens is 2. The van der Waals surface area contributed by atoms with Crippen molar-refractivity contribution in [2.75, 3.05) is 37.6 Å². The van der Waals surface area contributed by atoms with E-state index in [9.17, 15) is 8.78 Å². The van der Waals surface area contributed by atoms with Crippen molar-refractivity contribution in [2.24, 2.45) is 7.05 Å². The van der Waals surface area contributed by atoms with Crippen LogP contribution >= 0.6 is 0 Å². The van der Waals surface area contributed by atoms with Crippen molar-refractivity contribution >= 4 is 5.95 Å². The van der Waals surface area contributed by atoms with Crippen LogP contribution in [-0.4, -0.2) is 52.4 Å². The Balaban J connectivity index is 1.47. The lowest BCUT2D eigenvalue weighted by Gasteiger charge is -2.35. The molecule has 0 atom stereocenters. The molecule has 1 fully saturated rings. The van der Waals surface area contributed by atoms with Gasteiger partial charge in [-0.05, 0) is 38.4 Å². The maximum absolute atomic E-state index is 13.6. The van der Waals surface area contributed by atoms with Gasteiger partial charge in [0, 0.05) is 38.8 Å². The molecular formula is C17H23F2N5. The predicted octanol–water partition coefficient (Wildman–Crippen LogP) is 2.16. The fourth-order valence-electron chi connectivity index (χ4n) is 3.09. The Labute approximate surface area is 140 Å². The maximum atomic E-state index is 13.6. The number of aromatic nitrogens is 3. The summed E-state index contributed by atoms with van der Waals surface area (Å²) < 4.78 is 29.2. The molecule has 3 rings (SSSR count). The number of anilines is 1. The zero-order chi connectivity index (χ0) is 17.1. The first-order valence-electron chi connectivity index (χ1n) is 8.32. The van der Waals surface area contributed by atoms with Crippen LogP contribution in [0, 0.1) is 18.6 Å². The summed E-state index contributed by atoms with van der Waals surface area (Å²) in [5.74, 6) is 0.912. The largest absolute Gasteiger partial charge is 0.338 e. The highest BCUT2D eigenvalue weighted by Gasteiger charge is 2.21. The SMILES string of the molecule is Cc1nnc(N2CCN(CCCc3c(F)cccc3F)CC2)n1C. The van der Waals surface area contributed by atoms with Gasteiger partial charge in [0.15, 0.2) is 0 Å². The highest BCUT2D eigenvalue weighted by atomic mass is 19.1. The van der Waals surface area contributed by atoms with Crippen LogP contribution in [0.4, 0.5) is 14.7 Å². The van der Waals surface area contributed by atoms with Gasteiger partial charge in [-0.15, -0.1) is 10.2 Å². The van der Waals surface area contributed by atoms with Crippen LogP contribution in [0.15, 0.2) is 18.2 Å². The van der Waals surface area contributed by atoms with Gasteiger partial charge in [-0.1, -0.05) is 6.07 Å². The Bertz CT molecular complexity index is 672. The Morgan fingerprint density at radius 1 is 1.04 bits per heavy atom. The third-order valence-corrected chi connectivity index (χ3v) is 4.69. The number of hydrogen-bond acceptors (Lipinski definition) is 4. The van der Waals surface area contributed by atoms with Gasteiger partial charge in [-0.25, -0.2) is 8.78 Å². The van der Waals surface area contributed by atoms with E-state index in [0.29, 0.717) is 6.42 Å². The fraction of sp³-hybridized carbons (Fsp3) is 0.529. The van der Waals surface area contributed by atoms with Crippen LogP contribution in [0.5, 0.6) is 0 Å². The predicted molar refractivity (Wildman–Crippen MR) is 89.1 cm³/mol. The first-order chi connectivity index (χ1) is 11.6. The second kappa shape index (κ2) is 7.25. The van der Waals surface area contributed by atoms with Gasteiger partial charge in [0.1, 0.15) is 17.5 Å². The number of piperazine rings is 1. The molecule has 0 radical (unpaired) electrons. The lowest BCUT2D eigenvalue weighted by molar-refractivity contribution is 0.253. The van der Waals surface area contributed by atoms with E-state index >= 15 is 0 Å². The van der Waals surface area contributed by atoms with Gasteiger partial charge in [0.25, 0.3) is 0 Å². The van der Waals surface area contributed by atoms with E-state index in [0.717, 1.165) is 50.9 Å². The second-order valence-electron chi connectivity index (χ2n) is 6.24. The molecule has 0 aliphatic carbocycles. The van der Waals surface area contributed by atoms with Gasteiger partial charge >= 0.3 is 0 Å². The van der Waals surface area contributed by atoms with Crippen LogP contribution < -0.4 is 4.90 Å². The molecule has 1 aromatic carbocycles. The molecule has 0 N–H and O–H groups in total. The first-order valence-corrected chi connectivity index (χ1v) is 8.32. The summed E-state index contributed by atoms with van der Waals surface area (Å²) in [6.45, 7) is 6.41. The standard InChI is InChI=1S/C17H23F2N5/c1-13-20-21-17(22(13)2)24-11-9-23(10-12-24)8-4-5-14-15(18)6-3-7-16(14)19/h3,6-7H,4-5,8-12H2,1-2H3. The van der Waals surface area contributed by atoms with E-state index in [-0.39, 0.29) is 5.56 Å². The van der Waals surface area contributed by atoms with Crippen LogP contribution in [0.25, 0.3) is 0 Å². The molecule has 0 amide bonds. The lowest BCUT2D eigenvalue weighted by Crippen LogP contribution is -2.47. The number of benzene rings is 1. The summed E-state index contributed by atoms with van der Waals surface area (Å²) >= 11 is 0. The number of hydrogen-bond donors (Lipinski definition) is 0. The molecule has 0 unspecified atom stereocenters. The van der Waals surface area contributed by atoms with Crippen molar-refractivity contribution in [3.8, 4) is 0 Å². The molecule has 1 aromatic heterocycles. The quantitative estimate of drug-likeness (QED) is 0.839. The average Bonchev–Trinajstić information content (AvgIpc) is 2.90. The normalized spacial score (nSPS) is 15.9. The monoisotopic (exact) mass is 335 g/mol. The zero-order valence-electron chi connectivity index (χ0n) is 14.2. The number of rotatable bonds is 5. The Morgan fingerprint density at radius 3 is 2.29 bits per heavy atom. The topological polar surface area (TPSA) is 37.2 Å². The third kappa shape index (κ3) is 3.56. The number of nitrogens with zero attached hydrogens (tertiary/aromatic N) is 5. The summed E-state index contributed by atoms with van der Waals surface area (Å²) in [5.41, 5.74) is 0.200. The molecule has 130 valence electrons. The Kier molecular flexibility index (Phi) is 5.08. The first kappa shape index (κ1) is 16.8. The van der Waals surface area contributed by atoms with Crippen molar-refractivity contribution in [1.82, 2.24) is 19.7 Å². The molecule has 0 saturated carbocycles. The van der Waals surface area contributed by atoms with Gasteiger partial charge in [0.2, 0.25) is 5.95 Å². The molecule has 0 spiro atoms. The van der Waals surface area contributed by atoms with Crippen molar-refractivity contribution in [3.05, 3.63) is 41.2 Å². The fourth-order valence-corrected chi connectivity index (χ4v) is 3.09. The third-order valence-electron chi connectivity index (χ3n) is 4.69.